The monoisotopic (exact) mass is 467 g/mol. The second kappa shape index (κ2) is 9.84. The minimum atomic E-state index is -0.405. The fourth-order valence-corrected chi connectivity index (χ4v) is 4.42. The van der Waals surface area contributed by atoms with E-state index in [1.54, 1.807) is 4.52 Å². The number of benzene rings is 3. The third-order valence-electron chi connectivity index (χ3n) is 5.31. The highest BCUT2D eigenvalue weighted by Gasteiger charge is 2.16. The van der Waals surface area contributed by atoms with Gasteiger partial charge in [0.15, 0.2) is 16.5 Å². The van der Waals surface area contributed by atoms with Crippen molar-refractivity contribution in [1.82, 2.24) is 24.9 Å². The largest absolute Gasteiger partial charge is 0.355 e. The SMILES string of the molecule is O=C(CSc1nc2ccccc2c2nc(=O)c(-c3ccccc3)nn12)NCCc1ccccc1. The summed E-state index contributed by atoms with van der Waals surface area (Å²) in [5.74, 6) is 0.0744. The minimum Gasteiger partial charge on any atom is -0.355 e. The van der Waals surface area contributed by atoms with Gasteiger partial charge in [0.1, 0.15) is 0 Å². The van der Waals surface area contributed by atoms with E-state index in [2.05, 4.69) is 15.4 Å². The first-order valence-corrected chi connectivity index (χ1v) is 11.9. The molecule has 0 aliphatic carbocycles. The molecule has 168 valence electrons. The highest BCUT2D eigenvalue weighted by atomic mass is 32.2. The highest BCUT2D eigenvalue weighted by molar-refractivity contribution is 7.99. The van der Waals surface area contributed by atoms with Crippen LogP contribution >= 0.6 is 11.8 Å². The minimum absolute atomic E-state index is 0.0960. The molecule has 5 aromatic rings. The number of fused-ring (bicyclic) bond motifs is 3. The van der Waals surface area contributed by atoms with E-state index in [4.69, 9.17) is 4.98 Å². The van der Waals surface area contributed by atoms with Crippen molar-refractivity contribution in [3.8, 4) is 11.3 Å². The lowest BCUT2D eigenvalue weighted by Crippen LogP contribution is -2.27. The Kier molecular flexibility index (Phi) is 6.31. The first-order chi connectivity index (χ1) is 16.7. The summed E-state index contributed by atoms with van der Waals surface area (Å²) in [6.07, 6.45) is 0.765. The topological polar surface area (TPSA) is 89.2 Å². The van der Waals surface area contributed by atoms with Crippen molar-refractivity contribution >= 4 is 34.2 Å². The van der Waals surface area contributed by atoms with Gasteiger partial charge in [-0.05, 0) is 24.1 Å². The normalized spacial score (nSPS) is 11.1. The zero-order chi connectivity index (χ0) is 23.3. The zero-order valence-electron chi connectivity index (χ0n) is 18.2. The van der Waals surface area contributed by atoms with Crippen molar-refractivity contribution in [3.63, 3.8) is 0 Å². The average Bonchev–Trinajstić information content (AvgIpc) is 2.88. The molecule has 0 aliphatic heterocycles. The number of carbonyl (C=O) groups is 1. The predicted octanol–water partition coefficient (Wildman–Crippen LogP) is 3.76. The number of rotatable bonds is 7. The number of thioether (sulfide) groups is 1. The first kappa shape index (κ1) is 21.8. The summed E-state index contributed by atoms with van der Waals surface area (Å²) in [5.41, 5.74) is 2.79. The molecule has 8 heteroatoms. The summed E-state index contributed by atoms with van der Waals surface area (Å²) in [5, 5.41) is 8.77. The van der Waals surface area contributed by atoms with Crippen molar-refractivity contribution in [2.24, 2.45) is 0 Å². The molecular formula is C26H21N5O2S. The number of para-hydroxylation sites is 1. The summed E-state index contributed by atoms with van der Waals surface area (Å²) in [6.45, 7) is 0.556. The number of amides is 1. The Hall–Kier alpha value is -4.04. The summed E-state index contributed by atoms with van der Waals surface area (Å²) < 4.78 is 1.56. The summed E-state index contributed by atoms with van der Waals surface area (Å²) in [4.78, 5) is 34.4. The fourth-order valence-electron chi connectivity index (χ4n) is 3.65. The molecule has 2 heterocycles. The Balaban J connectivity index is 1.43. The lowest BCUT2D eigenvalue weighted by atomic mass is 10.1. The van der Waals surface area contributed by atoms with Crippen LogP contribution in [0.5, 0.6) is 0 Å². The lowest BCUT2D eigenvalue weighted by Gasteiger charge is -2.11. The molecule has 0 radical (unpaired) electrons. The molecule has 2 aromatic heterocycles. The lowest BCUT2D eigenvalue weighted by molar-refractivity contribution is -0.118. The molecule has 0 unspecified atom stereocenters. The maximum Gasteiger partial charge on any atom is 0.300 e. The van der Waals surface area contributed by atoms with Gasteiger partial charge in [-0.15, -0.1) is 0 Å². The number of aromatic nitrogens is 4. The number of nitrogens with one attached hydrogen (secondary N) is 1. The van der Waals surface area contributed by atoms with Gasteiger partial charge >= 0.3 is 0 Å². The molecule has 5 rings (SSSR count). The van der Waals surface area contributed by atoms with Crippen LogP contribution in [0.3, 0.4) is 0 Å². The standard InChI is InChI=1S/C26H21N5O2S/c32-22(27-16-15-18-9-3-1-4-10-18)17-34-26-28-21-14-8-7-13-20(21)24-29-25(33)23(30-31(24)26)19-11-5-2-6-12-19/h1-14H,15-17H2,(H,27,32). The van der Waals surface area contributed by atoms with Crippen molar-refractivity contribution in [2.45, 2.75) is 11.6 Å². The van der Waals surface area contributed by atoms with Crippen LogP contribution in [-0.4, -0.2) is 37.8 Å². The van der Waals surface area contributed by atoms with Crippen LogP contribution in [0.25, 0.3) is 27.8 Å². The third kappa shape index (κ3) is 4.67. The van der Waals surface area contributed by atoms with E-state index in [0.29, 0.717) is 28.4 Å². The van der Waals surface area contributed by atoms with Gasteiger partial charge in [-0.3, -0.25) is 9.59 Å². The van der Waals surface area contributed by atoms with E-state index >= 15 is 0 Å². The number of hydrogen-bond acceptors (Lipinski definition) is 6. The van der Waals surface area contributed by atoms with Gasteiger partial charge in [-0.2, -0.15) is 14.6 Å². The first-order valence-electron chi connectivity index (χ1n) is 10.9. The maximum absolute atomic E-state index is 12.8. The van der Waals surface area contributed by atoms with Gasteiger partial charge < -0.3 is 5.32 Å². The van der Waals surface area contributed by atoms with Gasteiger partial charge in [0.25, 0.3) is 5.56 Å². The summed E-state index contributed by atoms with van der Waals surface area (Å²) >= 11 is 1.26. The van der Waals surface area contributed by atoms with E-state index in [-0.39, 0.29) is 17.4 Å². The maximum atomic E-state index is 12.8. The molecule has 0 aliphatic rings. The van der Waals surface area contributed by atoms with E-state index in [9.17, 15) is 9.59 Å². The van der Waals surface area contributed by atoms with Crippen molar-refractivity contribution in [1.29, 1.82) is 0 Å². The summed E-state index contributed by atoms with van der Waals surface area (Å²) in [6, 6.07) is 26.7. The van der Waals surface area contributed by atoms with E-state index in [1.165, 1.54) is 17.3 Å². The highest BCUT2D eigenvalue weighted by Crippen LogP contribution is 2.23. The summed E-state index contributed by atoms with van der Waals surface area (Å²) in [7, 11) is 0. The molecule has 0 atom stereocenters. The Morgan fingerprint density at radius 2 is 1.59 bits per heavy atom. The van der Waals surface area contributed by atoms with E-state index < -0.39 is 5.56 Å². The molecule has 34 heavy (non-hydrogen) atoms. The molecule has 0 saturated carbocycles. The molecule has 3 aromatic carbocycles. The fraction of sp³-hybridized carbons (Fsp3) is 0.115. The number of nitrogens with zero attached hydrogens (tertiary/aromatic N) is 4. The Morgan fingerprint density at radius 3 is 2.38 bits per heavy atom. The molecule has 0 saturated heterocycles. The van der Waals surface area contributed by atoms with Gasteiger partial charge in [-0.25, -0.2) is 4.98 Å². The number of hydrogen-bond donors (Lipinski definition) is 1. The van der Waals surface area contributed by atoms with Gasteiger partial charge in [0.2, 0.25) is 5.91 Å². The van der Waals surface area contributed by atoms with Crippen LogP contribution in [0.4, 0.5) is 0 Å². The van der Waals surface area contributed by atoms with Crippen molar-refractivity contribution in [2.75, 3.05) is 12.3 Å². The smallest absolute Gasteiger partial charge is 0.300 e. The predicted molar refractivity (Wildman–Crippen MR) is 134 cm³/mol. The van der Waals surface area contributed by atoms with Crippen LogP contribution < -0.4 is 10.9 Å². The van der Waals surface area contributed by atoms with Crippen molar-refractivity contribution < 1.29 is 4.79 Å². The van der Waals surface area contributed by atoms with Crippen LogP contribution in [0.1, 0.15) is 5.56 Å². The molecular weight excluding hydrogens is 446 g/mol. The van der Waals surface area contributed by atoms with Gasteiger partial charge in [0, 0.05) is 17.5 Å². The molecule has 0 fully saturated rings. The quantitative estimate of drug-likeness (QED) is 0.223. The Bertz CT molecular complexity index is 1520. The molecule has 0 spiro atoms. The van der Waals surface area contributed by atoms with Crippen LogP contribution in [0, 0.1) is 0 Å². The third-order valence-corrected chi connectivity index (χ3v) is 6.24. The molecule has 0 bridgehead atoms. The second-order valence-corrected chi connectivity index (χ2v) is 8.60. The van der Waals surface area contributed by atoms with Gasteiger partial charge in [0.05, 0.1) is 11.3 Å². The Morgan fingerprint density at radius 1 is 0.882 bits per heavy atom. The molecule has 1 N–H and O–H groups in total. The number of carbonyl (C=O) groups excluding carboxylic acids is 1. The van der Waals surface area contributed by atoms with Gasteiger partial charge in [-0.1, -0.05) is 84.6 Å². The molecule has 7 nitrogen and oxygen atoms in total. The van der Waals surface area contributed by atoms with E-state index in [0.717, 1.165) is 11.8 Å². The van der Waals surface area contributed by atoms with E-state index in [1.807, 2.05) is 84.9 Å². The van der Waals surface area contributed by atoms with Crippen LogP contribution in [0.2, 0.25) is 0 Å². The molecule has 1 amide bonds. The Labute approximate surface area is 199 Å². The van der Waals surface area contributed by atoms with Crippen LogP contribution in [0.15, 0.2) is 94.9 Å². The van der Waals surface area contributed by atoms with Crippen LogP contribution in [-0.2, 0) is 11.2 Å². The average molecular weight is 468 g/mol. The second-order valence-electron chi connectivity index (χ2n) is 7.65. The van der Waals surface area contributed by atoms with Crippen molar-refractivity contribution in [3.05, 3.63) is 101 Å². The zero-order valence-corrected chi connectivity index (χ0v) is 19.0.